The molecule has 0 aromatic carbocycles. The number of aromatic nitrogens is 2. The summed E-state index contributed by atoms with van der Waals surface area (Å²) in [6.45, 7) is 3.33. The number of methoxy groups -OCH3 is 2. The van der Waals surface area contributed by atoms with Crippen LogP contribution < -0.4 is 4.74 Å². The smallest absolute Gasteiger partial charge is 0.317 e. The predicted molar refractivity (Wildman–Crippen MR) is 69.3 cm³/mol. The largest absolute Gasteiger partial charge is 0.481 e. The van der Waals surface area contributed by atoms with Crippen molar-refractivity contribution < 1.29 is 19.4 Å². The van der Waals surface area contributed by atoms with Crippen LogP contribution in [0.2, 0.25) is 0 Å². The van der Waals surface area contributed by atoms with E-state index in [2.05, 4.69) is 5.10 Å². The molecule has 0 unspecified atom stereocenters. The Morgan fingerprint density at radius 1 is 1.47 bits per heavy atom. The van der Waals surface area contributed by atoms with Gasteiger partial charge in [0.05, 0.1) is 31.5 Å². The summed E-state index contributed by atoms with van der Waals surface area (Å²) in [6, 6.07) is 0. The monoisotopic (exact) mass is 271 g/mol. The van der Waals surface area contributed by atoms with Crippen LogP contribution in [-0.4, -0.2) is 59.7 Å². The van der Waals surface area contributed by atoms with E-state index >= 15 is 0 Å². The van der Waals surface area contributed by atoms with Gasteiger partial charge in [0, 0.05) is 27.2 Å². The highest BCUT2D eigenvalue weighted by Crippen LogP contribution is 2.22. The van der Waals surface area contributed by atoms with Gasteiger partial charge in [0.15, 0.2) is 0 Å². The number of nitrogens with zero attached hydrogens (tertiary/aromatic N) is 3. The Hall–Kier alpha value is -1.60. The molecule has 0 aliphatic heterocycles. The molecule has 0 saturated carbocycles. The lowest BCUT2D eigenvalue weighted by molar-refractivity contribution is -0.138. The molecule has 0 saturated heterocycles. The van der Waals surface area contributed by atoms with Gasteiger partial charge in [-0.15, -0.1) is 0 Å². The molecule has 1 aromatic heterocycles. The second-order valence-electron chi connectivity index (χ2n) is 4.29. The van der Waals surface area contributed by atoms with E-state index in [9.17, 15) is 4.79 Å². The molecule has 1 rings (SSSR count). The maximum absolute atomic E-state index is 10.9. The highest BCUT2D eigenvalue weighted by atomic mass is 16.5. The lowest BCUT2D eigenvalue weighted by atomic mass is 10.2. The van der Waals surface area contributed by atoms with E-state index in [1.54, 1.807) is 30.8 Å². The van der Waals surface area contributed by atoms with Crippen molar-refractivity contribution in [3.8, 4) is 5.88 Å². The Morgan fingerprint density at radius 2 is 2.16 bits per heavy atom. The van der Waals surface area contributed by atoms with E-state index in [0.29, 0.717) is 25.6 Å². The minimum atomic E-state index is -0.864. The zero-order valence-electron chi connectivity index (χ0n) is 11.8. The Balaban J connectivity index is 2.85. The SMILES string of the molecule is COCCN(CC(=O)O)Cc1c(C)nn(C)c1OC. The van der Waals surface area contributed by atoms with E-state index in [4.69, 9.17) is 14.6 Å². The molecule has 0 aliphatic rings. The van der Waals surface area contributed by atoms with Gasteiger partial charge in [-0.05, 0) is 6.92 Å². The van der Waals surface area contributed by atoms with E-state index in [1.807, 2.05) is 6.92 Å². The van der Waals surface area contributed by atoms with Gasteiger partial charge in [-0.1, -0.05) is 0 Å². The predicted octanol–water partition coefficient (Wildman–Crippen LogP) is 0.270. The van der Waals surface area contributed by atoms with Gasteiger partial charge in [0.25, 0.3) is 0 Å². The van der Waals surface area contributed by atoms with E-state index < -0.39 is 5.97 Å². The molecule has 0 spiro atoms. The van der Waals surface area contributed by atoms with Crippen LogP contribution in [0.3, 0.4) is 0 Å². The number of carboxylic acids is 1. The standard InChI is InChI=1S/C12H21N3O4/c1-9-10(12(19-4)14(2)13-9)7-15(5-6-18-3)8-11(16)17/h5-8H2,1-4H3,(H,16,17). The van der Waals surface area contributed by atoms with Crippen molar-refractivity contribution in [3.05, 3.63) is 11.3 Å². The number of hydrogen-bond acceptors (Lipinski definition) is 5. The molecule has 1 aromatic rings. The summed E-state index contributed by atoms with van der Waals surface area (Å²) in [5, 5.41) is 13.2. The zero-order valence-corrected chi connectivity index (χ0v) is 11.8. The fraction of sp³-hybridized carbons (Fsp3) is 0.667. The van der Waals surface area contributed by atoms with Gasteiger partial charge < -0.3 is 14.6 Å². The number of aliphatic carboxylic acids is 1. The van der Waals surface area contributed by atoms with Gasteiger partial charge in [0.1, 0.15) is 0 Å². The summed E-state index contributed by atoms with van der Waals surface area (Å²) >= 11 is 0. The van der Waals surface area contributed by atoms with Crippen molar-refractivity contribution in [2.24, 2.45) is 7.05 Å². The molecule has 7 heteroatoms. The fourth-order valence-corrected chi connectivity index (χ4v) is 1.97. The second-order valence-corrected chi connectivity index (χ2v) is 4.29. The first kappa shape index (κ1) is 15.5. The zero-order chi connectivity index (χ0) is 14.4. The molecular formula is C12H21N3O4. The molecule has 0 radical (unpaired) electrons. The molecule has 1 heterocycles. The first-order valence-electron chi connectivity index (χ1n) is 5.99. The number of carboxylic acid groups (broad SMARTS) is 1. The van der Waals surface area contributed by atoms with Crippen LogP contribution in [0, 0.1) is 6.92 Å². The van der Waals surface area contributed by atoms with Crippen molar-refractivity contribution in [2.75, 3.05) is 33.9 Å². The summed E-state index contributed by atoms with van der Waals surface area (Å²) in [7, 11) is 4.97. The topological polar surface area (TPSA) is 76.8 Å². The molecule has 0 bridgehead atoms. The first-order valence-corrected chi connectivity index (χ1v) is 5.99. The van der Waals surface area contributed by atoms with Crippen molar-refractivity contribution in [2.45, 2.75) is 13.5 Å². The van der Waals surface area contributed by atoms with E-state index in [-0.39, 0.29) is 6.54 Å². The van der Waals surface area contributed by atoms with Gasteiger partial charge in [-0.2, -0.15) is 5.10 Å². The van der Waals surface area contributed by atoms with Crippen molar-refractivity contribution in [3.63, 3.8) is 0 Å². The van der Waals surface area contributed by atoms with Crippen molar-refractivity contribution in [1.29, 1.82) is 0 Å². The first-order chi connectivity index (χ1) is 8.99. The van der Waals surface area contributed by atoms with Crippen LogP contribution >= 0.6 is 0 Å². The van der Waals surface area contributed by atoms with Gasteiger partial charge in [-0.25, -0.2) is 4.68 Å². The molecule has 0 atom stereocenters. The third-order valence-corrected chi connectivity index (χ3v) is 2.83. The summed E-state index contributed by atoms with van der Waals surface area (Å²) < 4.78 is 12.0. The third-order valence-electron chi connectivity index (χ3n) is 2.83. The summed E-state index contributed by atoms with van der Waals surface area (Å²) in [4.78, 5) is 12.7. The van der Waals surface area contributed by atoms with Gasteiger partial charge in [0.2, 0.25) is 5.88 Å². The minimum Gasteiger partial charge on any atom is -0.481 e. The van der Waals surface area contributed by atoms with Crippen LogP contribution in [-0.2, 0) is 23.1 Å². The maximum atomic E-state index is 10.9. The molecule has 7 nitrogen and oxygen atoms in total. The summed E-state index contributed by atoms with van der Waals surface area (Å²) in [5.74, 6) is -0.207. The van der Waals surface area contributed by atoms with Crippen LogP contribution in [0.25, 0.3) is 0 Å². The Bertz CT molecular complexity index is 431. The van der Waals surface area contributed by atoms with Gasteiger partial charge >= 0.3 is 5.97 Å². The molecule has 0 fully saturated rings. The number of rotatable bonds is 8. The normalized spacial score (nSPS) is 11.0. The lowest BCUT2D eigenvalue weighted by Gasteiger charge is -2.20. The lowest BCUT2D eigenvalue weighted by Crippen LogP contribution is -2.32. The number of ether oxygens (including phenoxy) is 2. The maximum Gasteiger partial charge on any atom is 0.317 e. The van der Waals surface area contributed by atoms with Crippen molar-refractivity contribution >= 4 is 5.97 Å². The fourth-order valence-electron chi connectivity index (χ4n) is 1.97. The number of carbonyl (C=O) groups is 1. The average Bonchev–Trinajstić information content (AvgIpc) is 2.60. The summed E-state index contributed by atoms with van der Waals surface area (Å²) in [6.07, 6.45) is 0. The molecule has 108 valence electrons. The minimum absolute atomic E-state index is 0.0408. The second kappa shape index (κ2) is 7.10. The molecule has 1 N–H and O–H groups in total. The molecule has 0 aliphatic carbocycles. The van der Waals surface area contributed by atoms with Crippen LogP contribution in [0.5, 0.6) is 5.88 Å². The average molecular weight is 271 g/mol. The summed E-state index contributed by atoms with van der Waals surface area (Å²) in [5.41, 5.74) is 1.74. The number of hydrogen-bond donors (Lipinski definition) is 1. The molecule has 0 amide bonds. The third kappa shape index (κ3) is 4.22. The Kier molecular flexibility index (Phi) is 5.78. The Morgan fingerprint density at radius 3 is 2.68 bits per heavy atom. The highest BCUT2D eigenvalue weighted by molar-refractivity contribution is 5.69. The number of aryl methyl sites for hydroxylation is 2. The Labute approximate surface area is 112 Å². The molecule has 19 heavy (non-hydrogen) atoms. The van der Waals surface area contributed by atoms with Crippen LogP contribution in [0.15, 0.2) is 0 Å². The van der Waals surface area contributed by atoms with Crippen LogP contribution in [0.4, 0.5) is 0 Å². The van der Waals surface area contributed by atoms with Gasteiger partial charge in [-0.3, -0.25) is 9.69 Å². The highest BCUT2D eigenvalue weighted by Gasteiger charge is 2.18. The van der Waals surface area contributed by atoms with E-state index in [0.717, 1.165) is 11.3 Å². The van der Waals surface area contributed by atoms with Crippen LogP contribution in [0.1, 0.15) is 11.3 Å². The quantitative estimate of drug-likeness (QED) is 0.731. The molecular weight excluding hydrogens is 250 g/mol. The van der Waals surface area contributed by atoms with Crippen molar-refractivity contribution in [1.82, 2.24) is 14.7 Å². The van der Waals surface area contributed by atoms with E-state index in [1.165, 1.54) is 0 Å².